The molecule has 25 heavy (non-hydrogen) atoms. The van der Waals surface area contributed by atoms with Gasteiger partial charge in [0, 0.05) is 13.7 Å². The minimum absolute atomic E-state index is 0.0188. The fraction of sp³-hybridized carbons (Fsp3) is 0.368. The summed E-state index contributed by atoms with van der Waals surface area (Å²) in [6.45, 7) is 1.09. The number of hydrogen-bond acceptors (Lipinski definition) is 4. The molecule has 0 aliphatic carbocycles. The SMILES string of the molecule is COCc1ccc(C2CCCN2C(=O)Cc2cccc(C(=O)O)c2)o1. The van der Waals surface area contributed by atoms with E-state index >= 15 is 0 Å². The van der Waals surface area contributed by atoms with E-state index in [2.05, 4.69) is 0 Å². The van der Waals surface area contributed by atoms with Crippen molar-refractivity contribution in [3.05, 3.63) is 59.0 Å². The number of carbonyl (C=O) groups is 2. The molecule has 0 spiro atoms. The van der Waals surface area contributed by atoms with Crippen LogP contribution < -0.4 is 0 Å². The number of methoxy groups -OCH3 is 1. The first-order chi connectivity index (χ1) is 12.1. The number of hydrogen-bond donors (Lipinski definition) is 1. The van der Waals surface area contributed by atoms with Crippen LogP contribution in [0.5, 0.6) is 0 Å². The highest BCUT2D eigenvalue weighted by atomic mass is 16.5. The second-order valence-corrected chi connectivity index (χ2v) is 6.16. The number of aromatic carboxylic acids is 1. The Bertz CT molecular complexity index is 767. The van der Waals surface area contributed by atoms with E-state index in [0.717, 1.165) is 24.4 Å². The van der Waals surface area contributed by atoms with Gasteiger partial charge in [0.25, 0.3) is 0 Å². The number of carbonyl (C=O) groups excluding carboxylic acids is 1. The minimum atomic E-state index is -0.991. The van der Waals surface area contributed by atoms with E-state index in [1.54, 1.807) is 25.3 Å². The standard InChI is InChI=1S/C19H21NO5/c1-24-12-15-7-8-17(25-15)16-6-3-9-20(16)18(21)11-13-4-2-5-14(10-13)19(22)23/h2,4-5,7-8,10,16H,3,6,9,11-12H2,1H3,(H,22,23). The first kappa shape index (κ1) is 17.2. The number of likely N-dealkylation sites (tertiary alicyclic amines) is 1. The zero-order chi connectivity index (χ0) is 17.8. The molecule has 1 amide bonds. The van der Waals surface area contributed by atoms with Gasteiger partial charge in [-0.05, 0) is 42.7 Å². The Kier molecular flexibility index (Phi) is 5.19. The summed E-state index contributed by atoms with van der Waals surface area (Å²) in [5.41, 5.74) is 0.897. The first-order valence-corrected chi connectivity index (χ1v) is 8.27. The van der Waals surface area contributed by atoms with Crippen LogP contribution in [-0.2, 0) is 22.6 Å². The molecule has 6 nitrogen and oxygen atoms in total. The van der Waals surface area contributed by atoms with Crippen LogP contribution in [0.2, 0.25) is 0 Å². The number of furan rings is 1. The molecule has 2 heterocycles. The molecule has 1 aliphatic heterocycles. The molecule has 1 fully saturated rings. The average Bonchev–Trinajstić information content (AvgIpc) is 3.24. The van der Waals surface area contributed by atoms with Crippen LogP contribution >= 0.6 is 0 Å². The molecule has 1 unspecified atom stereocenters. The van der Waals surface area contributed by atoms with Gasteiger partial charge in [-0.1, -0.05) is 12.1 Å². The van der Waals surface area contributed by atoms with Crippen molar-refractivity contribution in [1.82, 2.24) is 4.90 Å². The Hall–Kier alpha value is -2.60. The topological polar surface area (TPSA) is 80.0 Å². The van der Waals surface area contributed by atoms with Crippen LogP contribution in [0, 0.1) is 0 Å². The van der Waals surface area contributed by atoms with Crippen LogP contribution in [0.15, 0.2) is 40.8 Å². The zero-order valence-corrected chi connectivity index (χ0v) is 14.1. The predicted octanol–water partition coefficient (Wildman–Crippen LogP) is 3.03. The number of carboxylic acids is 1. The van der Waals surface area contributed by atoms with Crippen molar-refractivity contribution < 1.29 is 23.8 Å². The lowest BCUT2D eigenvalue weighted by atomic mass is 10.1. The Balaban J connectivity index is 1.72. The van der Waals surface area contributed by atoms with Crippen LogP contribution in [0.1, 0.15) is 46.3 Å². The van der Waals surface area contributed by atoms with Crippen LogP contribution in [0.25, 0.3) is 0 Å². The summed E-state index contributed by atoms with van der Waals surface area (Å²) in [7, 11) is 1.61. The molecule has 0 radical (unpaired) electrons. The van der Waals surface area contributed by atoms with E-state index in [-0.39, 0.29) is 23.9 Å². The Labute approximate surface area is 146 Å². The molecule has 1 aromatic heterocycles. The maximum Gasteiger partial charge on any atom is 0.335 e. The fourth-order valence-electron chi connectivity index (χ4n) is 3.24. The van der Waals surface area contributed by atoms with E-state index in [9.17, 15) is 9.59 Å². The second kappa shape index (κ2) is 7.53. The molecule has 3 rings (SSSR count). The largest absolute Gasteiger partial charge is 0.478 e. The van der Waals surface area contributed by atoms with E-state index in [1.807, 2.05) is 17.0 Å². The van der Waals surface area contributed by atoms with E-state index in [1.165, 1.54) is 6.07 Å². The van der Waals surface area contributed by atoms with Gasteiger partial charge in [0.2, 0.25) is 5.91 Å². The van der Waals surface area contributed by atoms with Crippen molar-refractivity contribution >= 4 is 11.9 Å². The van der Waals surface area contributed by atoms with Crippen molar-refractivity contribution in [3.63, 3.8) is 0 Å². The van der Waals surface area contributed by atoms with Gasteiger partial charge in [-0.15, -0.1) is 0 Å². The molecule has 1 aromatic carbocycles. The van der Waals surface area contributed by atoms with Crippen LogP contribution in [0.4, 0.5) is 0 Å². The molecule has 1 aliphatic rings. The van der Waals surface area contributed by atoms with Gasteiger partial charge >= 0.3 is 5.97 Å². The van der Waals surface area contributed by atoms with Crippen molar-refractivity contribution in [2.75, 3.05) is 13.7 Å². The lowest BCUT2D eigenvalue weighted by Gasteiger charge is -2.23. The third-order valence-electron chi connectivity index (χ3n) is 4.40. The number of ether oxygens (including phenoxy) is 1. The molecular formula is C19H21NO5. The summed E-state index contributed by atoms with van der Waals surface area (Å²) < 4.78 is 10.9. The minimum Gasteiger partial charge on any atom is -0.478 e. The van der Waals surface area contributed by atoms with E-state index < -0.39 is 5.97 Å². The van der Waals surface area contributed by atoms with Gasteiger partial charge < -0.3 is 19.2 Å². The smallest absolute Gasteiger partial charge is 0.335 e. The Morgan fingerprint density at radius 3 is 2.92 bits per heavy atom. The van der Waals surface area contributed by atoms with Crippen LogP contribution in [-0.4, -0.2) is 35.5 Å². The third-order valence-corrected chi connectivity index (χ3v) is 4.40. The summed E-state index contributed by atoms with van der Waals surface area (Å²) in [6.07, 6.45) is 1.97. The predicted molar refractivity (Wildman–Crippen MR) is 90.2 cm³/mol. The van der Waals surface area contributed by atoms with Gasteiger partial charge in [0.15, 0.2) is 0 Å². The summed E-state index contributed by atoms with van der Waals surface area (Å²) in [4.78, 5) is 25.6. The van der Waals surface area contributed by atoms with Crippen molar-refractivity contribution in [2.24, 2.45) is 0 Å². The Morgan fingerprint density at radius 2 is 2.16 bits per heavy atom. The number of nitrogens with zero attached hydrogens (tertiary/aromatic N) is 1. The average molecular weight is 343 g/mol. The molecule has 0 bridgehead atoms. The summed E-state index contributed by atoms with van der Waals surface area (Å²) in [5.74, 6) is 0.507. The highest BCUT2D eigenvalue weighted by Gasteiger charge is 2.32. The first-order valence-electron chi connectivity index (χ1n) is 8.27. The summed E-state index contributed by atoms with van der Waals surface area (Å²) in [6, 6.07) is 10.2. The molecule has 132 valence electrons. The van der Waals surface area contributed by atoms with E-state index in [0.29, 0.717) is 18.7 Å². The fourth-order valence-corrected chi connectivity index (χ4v) is 3.24. The maximum absolute atomic E-state index is 12.7. The number of benzene rings is 1. The number of rotatable bonds is 6. The second-order valence-electron chi connectivity index (χ2n) is 6.16. The Morgan fingerprint density at radius 1 is 1.32 bits per heavy atom. The van der Waals surface area contributed by atoms with Crippen molar-refractivity contribution in [3.8, 4) is 0 Å². The molecular weight excluding hydrogens is 322 g/mol. The third kappa shape index (κ3) is 3.91. The molecule has 1 atom stereocenters. The highest BCUT2D eigenvalue weighted by Crippen LogP contribution is 2.33. The van der Waals surface area contributed by atoms with Gasteiger partial charge in [0.1, 0.15) is 18.1 Å². The molecule has 0 saturated carbocycles. The maximum atomic E-state index is 12.7. The summed E-state index contributed by atoms with van der Waals surface area (Å²) >= 11 is 0. The van der Waals surface area contributed by atoms with Gasteiger partial charge in [-0.25, -0.2) is 4.79 Å². The summed E-state index contributed by atoms with van der Waals surface area (Å²) in [5, 5.41) is 9.07. The zero-order valence-electron chi connectivity index (χ0n) is 14.1. The normalized spacial score (nSPS) is 17.0. The van der Waals surface area contributed by atoms with E-state index in [4.69, 9.17) is 14.3 Å². The van der Waals surface area contributed by atoms with Crippen molar-refractivity contribution in [2.45, 2.75) is 31.9 Å². The monoisotopic (exact) mass is 343 g/mol. The molecule has 1 saturated heterocycles. The molecule has 6 heteroatoms. The quantitative estimate of drug-likeness (QED) is 0.872. The lowest BCUT2D eigenvalue weighted by Crippen LogP contribution is -2.31. The lowest BCUT2D eigenvalue weighted by molar-refractivity contribution is -0.131. The highest BCUT2D eigenvalue weighted by molar-refractivity contribution is 5.88. The van der Waals surface area contributed by atoms with Crippen LogP contribution in [0.3, 0.4) is 0 Å². The van der Waals surface area contributed by atoms with Gasteiger partial charge in [0.05, 0.1) is 18.0 Å². The molecule has 1 N–H and O–H groups in total. The van der Waals surface area contributed by atoms with Crippen molar-refractivity contribution in [1.29, 1.82) is 0 Å². The molecule has 2 aromatic rings. The number of carboxylic acid groups (broad SMARTS) is 1. The van der Waals surface area contributed by atoms with Gasteiger partial charge in [-0.3, -0.25) is 4.79 Å². The number of amides is 1. The van der Waals surface area contributed by atoms with Gasteiger partial charge in [-0.2, -0.15) is 0 Å².